The van der Waals surface area contributed by atoms with Gasteiger partial charge in [0.2, 0.25) is 0 Å². The minimum Gasteiger partial charge on any atom is -0.464 e. The van der Waals surface area contributed by atoms with Gasteiger partial charge in [0.25, 0.3) is 0 Å². The van der Waals surface area contributed by atoms with Gasteiger partial charge in [-0.05, 0) is 0 Å². The molecule has 0 aromatic rings. The molecule has 2 aliphatic heterocycles. The van der Waals surface area contributed by atoms with E-state index in [4.69, 9.17) is 0 Å². The smallest absolute Gasteiger partial charge is 0.0804 e. The zero-order chi connectivity index (χ0) is 6.27. The van der Waals surface area contributed by atoms with Crippen molar-refractivity contribution < 1.29 is 4.90 Å². The topological polar surface area (TPSA) is 16.5 Å². The van der Waals surface area contributed by atoms with Crippen LogP contribution in [0.5, 0.6) is 0 Å². The Morgan fingerprint density at radius 2 is 2.33 bits per heavy atom. The van der Waals surface area contributed by atoms with Gasteiger partial charge < -0.3 is 10.2 Å². The minimum absolute atomic E-state index is 0.838. The van der Waals surface area contributed by atoms with Crippen LogP contribution in [0, 0.1) is 13.0 Å². The lowest BCUT2D eigenvalue weighted by Gasteiger charge is -2.20. The van der Waals surface area contributed by atoms with E-state index in [-0.39, 0.29) is 0 Å². The Kier molecular flexibility index (Phi) is 1.24. The second-order valence-electron chi connectivity index (χ2n) is 3.22. The monoisotopic (exact) mass is 126 g/mol. The molecule has 3 unspecified atom stereocenters. The second kappa shape index (κ2) is 1.96. The quantitative estimate of drug-likeness (QED) is 0.384. The molecule has 2 saturated heterocycles. The summed E-state index contributed by atoms with van der Waals surface area (Å²) < 4.78 is 0. The number of fused-ring (bicyclic) bond motifs is 1. The summed E-state index contributed by atoms with van der Waals surface area (Å²) in [6, 6.07) is 0.838. The van der Waals surface area contributed by atoms with Crippen molar-refractivity contribution in [3.8, 4) is 0 Å². The van der Waals surface area contributed by atoms with E-state index in [0.717, 1.165) is 12.0 Å². The fourth-order valence-electron chi connectivity index (χ4n) is 2.07. The van der Waals surface area contributed by atoms with Gasteiger partial charge in [-0.3, -0.25) is 0 Å². The van der Waals surface area contributed by atoms with Crippen LogP contribution in [-0.4, -0.2) is 25.7 Å². The zero-order valence-electron chi connectivity index (χ0n) is 5.69. The Morgan fingerprint density at radius 3 is 3.11 bits per heavy atom. The average molecular weight is 126 g/mol. The van der Waals surface area contributed by atoms with Gasteiger partial charge in [0.15, 0.2) is 0 Å². The van der Waals surface area contributed by atoms with E-state index in [1.54, 1.807) is 0 Å². The molecule has 2 heteroatoms. The average Bonchev–Trinajstić information content (AvgIpc) is 2.35. The van der Waals surface area contributed by atoms with Crippen LogP contribution in [0.25, 0.3) is 0 Å². The van der Waals surface area contributed by atoms with Crippen LogP contribution in [0.2, 0.25) is 0 Å². The third kappa shape index (κ3) is 0.775. The predicted octanol–water partition coefficient (Wildman–Crippen LogP) is -1.35. The molecule has 2 N–H and O–H groups in total. The first-order valence-electron chi connectivity index (χ1n) is 3.76. The number of nitrogens with one attached hydrogen (secondary N) is 2. The first kappa shape index (κ1) is 5.69. The molecule has 0 amide bonds. The van der Waals surface area contributed by atoms with Crippen molar-refractivity contribution in [2.45, 2.75) is 12.5 Å². The Bertz CT molecular complexity index is 113. The highest BCUT2D eigenvalue weighted by molar-refractivity contribution is 4.83. The summed E-state index contributed by atoms with van der Waals surface area (Å²) in [6.45, 7) is 3.73. The molecule has 0 saturated carbocycles. The largest absolute Gasteiger partial charge is 0.464 e. The Hall–Kier alpha value is -0.0800. The number of hydrogen-bond donors (Lipinski definition) is 2. The normalized spacial score (nSPS) is 49.7. The van der Waals surface area contributed by atoms with Crippen LogP contribution >= 0.6 is 0 Å². The molecule has 2 aliphatic rings. The SMILES string of the molecule is [CH2-][NH+]1CCC2CNCC21. The fraction of sp³-hybridized carbons (Fsp3) is 0.857. The fourth-order valence-corrected chi connectivity index (χ4v) is 2.07. The van der Waals surface area contributed by atoms with Gasteiger partial charge >= 0.3 is 0 Å². The number of hydrogen-bond acceptors (Lipinski definition) is 1. The summed E-state index contributed by atoms with van der Waals surface area (Å²) in [5.74, 6) is 0.942. The van der Waals surface area contributed by atoms with Gasteiger partial charge in [-0.1, -0.05) is 0 Å². The molecule has 0 aromatic heterocycles. The molecule has 0 aliphatic carbocycles. The third-order valence-electron chi connectivity index (χ3n) is 2.70. The number of rotatable bonds is 0. The summed E-state index contributed by atoms with van der Waals surface area (Å²) >= 11 is 0. The van der Waals surface area contributed by atoms with Crippen LogP contribution in [0.1, 0.15) is 6.42 Å². The molecule has 52 valence electrons. The molecule has 0 spiro atoms. The van der Waals surface area contributed by atoms with Crippen molar-refractivity contribution >= 4 is 0 Å². The van der Waals surface area contributed by atoms with E-state index < -0.39 is 0 Å². The molecule has 2 heterocycles. The van der Waals surface area contributed by atoms with E-state index in [1.807, 2.05) is 0 Å². The van der Waals surface area contributed by atoms with Gasteiger partial charge in [-0.2, -0.15) is 7.05 Å². The Morgan fingerprint density at radius 1 is 1.44 bits per heavy atom. The van der Waals surface area contributed by atoms with E-state index in [0.29, 0.717) is 0 Å². The van der Waals surface area contributed by atoms with Crippen molar-refractivity contribution in [1.29, 1.82) is 0 Å². The third-order valence-corrected chi connectivity index (χ3v) is 2.70. The zero-order valence-corrected chi connectivity index (χ0v) is 5.69. The highest BCUT2D eigenvalue weighted by atomic mass is 15.2. The Balaban J connectivity index is 2.07. The minimum atomic E-state index is 0.838. The van der Waals surface area contributed by atoms with Crippen LogP contribution in [-0.2, 0) is 0 Å². The van der Waals surface area contributed by atoms with Crippen molar-refractivity contribution in [2.75, 3.05) is 19.6 Å². The van der Waals surface area contributed by atoms with E-state index >= 15 is 0 Å². The van der Waals surface area contributed by atoms with Crippen LogP contribution in [0.15, 0.2) is 0 Å². The first-order chi connectivity index (χ1) is 4.38. The van der Waals surface area contributed by atoms with Gasteiger partial charge in [0.1, 0.15) is 0 Å². The van der Waals surface area contributed by atoms with Crippen molar-refractivity contribution in [3.05, 3.63) is 7.05 Å². The van der Waals surface area contributed by atoms with Crippen LogP contribution in [0.3, 0.4) is 0 Å². The molecule has 2 fully saturated rings. The van der Waals surface area contributed by atoms with Crippen molar-refractivity contribution in [1.82, 2.24) is 5.32 Å². The van der Waals surface area contributed by atoms with Gasteiger partial charge in [0, 0.05) is 25.4 Å². The molecular weight excluding hydrogens is 112 g/mol. The first-order valence-corrected chi connectivity index (χ1v) is 3.76. The summed E-state index contributed by atoms with van der Waals surface area (Å²) in [7, 11) is 4.06. The lowest BCUT2D eigenvalue weighted by Crippen LogP contribution is -3.09. The van der Waals surface area contributed by atoms with Crippen molar-refractivity contribution in [2.24, 2.45) is 5.92 Å². The summed E-state index contributed by atoms with van der Waals surface area (Å²) in [4.78, 5) is 1.49. The van der Waals surface area contributed by atoms with Crippen LogP contribution in [0.4, 0.5) is 0 Å². The second-order valence-corrected chi connectivity index (χ2v) is 3.22. The molecule has 0 radical (unpaired) electrons. The summed E-state index contributed by atoms with van der Waals surface area (Å²) in [5, 5.41) is 3.39. The van der Waals surface area contributed by atoms with E-state index in [1.165, 1.54) is 31.0 Å². The van der Waals surface area contributed by atoms with Gasteiger partial charge in [-0.15, -0.1) is 0 Å². The predicted molar refractivity (Wildman–Crippen MR) is 36.0 cm³/mol. The molecule has 0 aromatic carbocycles. The standard InChI is InChI=1S/C7H14N2/c1-9-3-2-6-4-8-5-7(6)9/h6-9H,1-5H2. The summed E-state index contributed by atoms with van der Waals surface area (Å²) in [5.41, 5.74) is 0. The van der Waals surface area contributed by atoms with Crippen LogP contribution < -0.4 is 10.2 Å². The molecule has 2 rings (SSSR count). The maximum Gasteiger partial charge on any atom is 0.0804 e. The number of likely N-dealkylation sites (tertiary alicyclic amines) is 1. The molecule has 2 nitrogen and oxygen atoms in total. The molecule has 3 atom stereocenters. The maximum atomic E-state index is 4.06. The molecule has 9 heavy (non-hydrogen) atoms. The van der Waals surface area contributed by atoms with Crippen molar-refractivity contribution in [3.63, 3.8) is 0 Å². The van der Waals surface area contributed by atoms with E-state index in [2.05, 4.69) is 12.4 Å². The maximum absolute atomic E-state index is 4.06. The summed E-state index contributed by atoms with van der Waals surface area (Å²) in [6.07, 6.45) is 1.39. The van der Waals surface area contributed by atoms with Gasteiger partial charge in [0.05, 0.1) is 12.6 Å². The highest BCUT2D eigenvalue weighted by Gasteiger charge is 2.36. The van der Waals surface area contributed by atoms with Gasteiger partial charge in [-0.25, -0.2) is 0 Å². The molecular formula is C7H14N2. The lowest BCUT2D eigenvalue weighted by molar-refractivity contribution is -0.865. The number of quaternary nitrogens is 1. The highest BCUT2D eigenvalue weighted by Crippen LogP contribution is 2.13. The lowest BCUT2D eigenvalue weighted by atomic mass is 10.1. The molecule has 0 bridgehead atoms. The van der Waals surface area contributed by atoms with E-state index in [9.17, 15) is 0 Å². The Labute approximate surface area is 56.2 Å².